The zero-order chi connectivity index (χ0) is 12.3. The summed E-state index contributed by atoms with van der Waals surface area (Å²) in [6.45, 7) is 11.2. The first-order valence-corrected chi connectivity index (χ1v) is 6.98. The first kappa shape index (κ1) is 14.0. The summed E-state index contributed by atoms with van der Waals surface area (Å²) in [5.41, 5.74) is 0.0492. The zero-order valence-electron chi connectivity index (χ0n) is 11.8. The van der Waals surface area contributed by atoms with Crippen molar-refractivity contribution in [2.75, 3.05) is 0 Å². The predicted octanol–water partition coefficient (Wildman–Crippen LogP) is 4.25. The van der Waals surface area contributed by atoms with E-state index in [-0.39, 0.29) is 11.5 Å². The van der Waals surface area contributed by atoms with Crippen LogP contribution in [0.25, 0.3) is 0 Å². The molecule has 1 aliphatic rings. The van der Waals surface area contributed by atoms with Gasteiger partial charge in [0, 0.05) is 0 Å². The van der Waals surface area contributed by atoms with Gasteiger partial charge in [-0.3, -0.25) is 0 Å². The van der Waals surface area contributed by atoms with Gasteiger partial charge in [-0.05, 0) is 42.4 Å². The summed E-state index contributed by atoms with van der Waals surface area (Å²) in [5.74, 6) is 2.65. The fourth-order valence-corrected chi connectivity index (χ4v) is 2.75. The molecule has 1 N–H and O–H groups in total. The summed E-state index contributed by atoms with van der Waals surface area (Å²) in [6.07, 6.45) is 6.20. The molecule has 0 aromatic rings. The third kappa shape index (κ3) is 4.08. The molecule has 1 saturated carbocycles. The van der Waals surface area contributed by atoms with Gasteiger partial charge in [0.1, 0.15) is 0 Å². The highest BCUT2D eigenvalue weighted by Gasteiger charge is 2.27. The summed E-state index contributed by atoms with van der Waals surface area (Å²) in [7, 11) is 0. The molecular weight excluding hydrogens is 196 g/mol. The molecule has 0 aliphatic heterocycles. The van der Waals surface area contributed by atoms with Crippen LogP contribution in [0, 0.1) is 23.2 Å². The minimum Gasteiger partial charge on any atom is -0.393 e. The molecule has 1 fully saturated rings. The molecule has 4 unspecified atom stereocenters. The van der Waals surface area contributed by atoms with E-state index in [4.69, 9.17) is 0 Å². The van der Waals surface area contributed by atoms with Crippen LogP contribution in [0.5, 0.6) is 0 Å². The average Bonchev–Trinajstić information content (AvgIpc) is 2.18. The fourth-order valence-electron chi connectivity index (χ4n) is 2.75. The molecule has 0 amide bonds. The van der Waals surface area contributed by atoms with Crippen LogP contribution in [0.1, 0.15) is 66.7 Å². The van der Waals surface area contributed by atoms with Crippen LogP contribution in [-0.2, 0) is 0 Å². The number of aliphatic hydroxyl groups is 1. The van der Waals surface area contributed by atoms with Crippen LogP contribution in [0.2, 0.25) is 0 Å². The van der Waals surface area contributed by atoms with Crippen molar-refractivity contribution in [1.29, 1.82) is 0 Å². The van der Waals surface area contributed by atoms with E-state index in [1.54, 1.807) is 0 Å². The average molecular weight is 226 g/mol. The van der Waals surface area contributed by atoms with E-state index in [1.807, 2.05) is 0 Å². The topological polar surface area (TPSA) is 20.2 Å². The maximum absolute atomic E-state index is 10.0. The Balaban J connectivity index is 2.29. The lowest BCUT2D eigenvalue weighted by atomic mass is 9.73. The molecule has 16 heavy (non-hydrogen) atoms. The lowest BCUT2D eigenvalue weighted by Crippen LogP contribution is -2.28. The van der Waals surface area contributed by atoms with Gasteiger partial charge in [-0.1, -0.05) is 47.5 Å². The summed E-state index contributed by atoms with van der Waals surface area (Å²) in [5, 5.41) is 10.0. The highest BCUT2D eigenvalue weighted by Crippen LogP contribution is 2.36. The molecule has 1 nitrogen and oxygen atoms in total. The van der Waals surface area contributed by atoms with E-state index in [2.05, 4.69) is 34.6 Å². The van der Waals surface area contributed by atoms with Crippen LogP contribution in [0.3, 0.4) is 0 Å². The van der Waals surface area contributed by atoms with E-state index in [9.17, 15) is 5.11 Å². The summed E-state index contributed by atoms with van der Waals surface area (Å²) < 4.78 is 0. The Bertz CT molecular complexity index is 204. The summed E-state index contributed by atoms with van der Waals surface area (Å²) >= 11 is 0. The van der Waals surface area contributed by atoms with Crippen LogP contribution >= 0.6 is 0 Å². The SMILES string of the molecule is CC1CCC(CCC(O)C(C)(C)C)CC1C. The van der Waals surface area contributed by atoms with Crippen molar-refractivity contribution in [3.8, 4) is 0 Å². The van der Waals surface area contributed by atoms with Gasteiger partial charge in [0.25, 0.3) is 0 Å². The molecule has 4 atom stereocenters. The Kier molecular flexibility index (Phi) is 4.85. The maximum Gasteiger partial charge on any atom is 0.0588 e. The first-order valence-electron chi connectivity index (χ1n) is 6.98. The lowest BCUT2D eigenvalue weighted by molar-refractivity contribution is 0.0455. The normalized spacial score (nSPS) is 33.8. The largest absolute Gasteiger partial charge is 0.393 e. The second-order valence-corrected chi connectivity index (χ2v) is 7.09. The van der Waals surface area contributed by atoms with Crippen molar-refractivity contribution in [1.82, 2.24) is 0 Å². The standard InChI is InChI=1S/C15H30O/c1-11-6-7-13(10-12(11)2)8-9-14(16)15(3,4)5/h11-14,16H,6-10H2,1-5H3. The number of aliphatic hydroxyl groups excluding tert-OH is 1. The van der Waals surface area contributed by atoms with Crippen LogP contribution in [0.4, 0.5) is 0 Å². The van der Waals surface area contributed by atoms with Crippen LogP contribution in [-0.4, -0.2) is 11.2 Å². The van der Waals surface area contributed by atoms with Gasteiger partial charge in [-0.15, -0.1) is 0 Å². The van der Waals surface area contributed by atoms with Crippen molar-refractivity contribution >= 4 is 0 Å². The molecular formula is C15H30O. The molecule has 96 valence electrons. The highest BCUT2D eigenvalue weighted by molar-refractivity contribution is 4.78. The van der Waals surface area contributed by atoms with Gasteiger partial charge < -0.3 is 5.11 Å². The summed E-state index contributed by atoms with van der Waals surface area (Å²) in [4.78, 5) is 0. The molecule has 0 radical (unpaired) electrons. The second-order valence-electron chi connectivity index (χ2n) is 7.09. The molecule has 0 aromatic heterocycles. The van der Waals surface area contributed by atoms with Crippen LogP contribution < -0.4 is 0 Å². The Morgan fingerprint density at radius 2 is 1.75 bits per heavy atom. The Labute approximate surface area is 102 Å². The third-order valence-corrected chi connectivity index (χ3v) is 4.55. The molecule has 0 spiro atoms. The number of hydrogen-bond acceptors (Lipinski definition) is 1. The van der Waals surface area contributed by atoms with Crippen molar-refractivity contribution < 1.29 is 5.11 Å². The van der Waals surface area contributed by atoms with Gasteiger partial charge in [0.15, 0.2) is 0 Å². The Morgan fingerprint density at radius 3 is 2.25 bits per heavy atom. The Morgan fingerprint density at radius 1 is 1.12 bits per heavy atom. The highest BCUT2D eigenvalue weighted by atomic mass is 16.3. The zero-order valence-corrected chi connectivity index (χ0v) is 11.8. The van der Waals surface area contributed by atoms with E-state index >= 15 is 0 Å². The van der Waals surface area contributed by atoms with Crippen molar-refractivity contribution in [3.63, 3.8) is 0 Å². The van der Waals surface area contributed by atoms with E-state index in [1.165, 1.54) is 25.7 Å². The fraction of sp³-hybridized carbons (Fsp3) is 1.00. The molecule has 0 aromatic carbocycles. The molecule has 0 bridgehead atoms. The summed E-state index contributed by atoms with van der Waals surface area (Å²) in [6, 6.07) is 0. The van der Waals surface area contributed by atoms with Gasteiger partial charge in [-0.25, -0.2) is 0 Å². The van der Waals surface area contributed by atoms with E-state index < -0.39 is 0 Å². The maximum atomic E-state index is 10.0. The van der Waals surface area contributed by atoms with Crippen LogP contribution in [0.15, 0.2) is 0 Å². The molecule has 1 heteroatoms. The predicted molar refractivity (Wildman–Crippen MR) is 70.4 cm³/mol. The first-order chi connectivity index (χ1) is 7.30. The third-order valence-electron chi connectivity index (χ3n) is 4.55. The molecule has 0 heterocycles. The molecule has 1 aliphatic carbocycles. The van der Waals surface area contributed by atoms with Gasteiger partial charge in [-0.2, -0.15) is 0 Å². The second kappa shape index (κ2) is 5.53. The minimum atomic E-state index is -0.137. The smallest absolute Gasteiger partial charge is 0.0588 e. The monoisotopic (exact) mass is 226 g/mol. The number of rotatable bonds is 3. The number of hydrogen-bond donors (Lipinski definition) is 1. The molecule has 0 saturated heterocycles. The van der Waals surface area contributed by atoms with Crippen molar-refractivity contribution in [3.05, 3.63) is 0 Å². The van der Waals surface area contributed by atoms with Gasteiger partial charge in [0.2, 0.25) is 0 Å². The van der Waals surface area contributed by atoms with Gasteiger partial charge in [0.05, 0.1) is 6.10 Å². The quantitative estimate of drug-likeness (QED) is 0.763. The van der Waals surface area contributed by atoms with Gasteiger partial charge >= 0.3 is 0 Å². The molecule has 1 rings (SSSR count). The minimum absolute atomic E-state index is 0.0492. The Hall–Kier alpha value is -0.0400. The van der Waals surface area contributed by atoms with Crippen molar-refractivity contribution in [2.45, 2.75) is 72.8 Å². The van der Waals surface area contributed by atoms with E-state index in [0.717, 1.165) is 24.2 Å². The van der Waals surface area contributed by atoms with E-state index in [0.29, 0.717) is 0 Å². The lowest BCUT2D eigenvalue weighted by Gasteiger charge is -2.33. The van der Waals surface area contributed by atoms with Crippen molar-refractivity contribution in [2.24, 2.45) is 23.2 Å².